The van der Waals surface area contributed by atoms with Gasteiger partial charge in [-0.1, -0.05) is 0 Å². The fraction of sp³-hybridized carbons (Fsp3) is 0.200. The number of hydrogen-bond acceptors (Lipinski definition) is 8. The van der Waals surface area contributed by atoms with Crippen molar-refractivity contribution in [3.05, 3.63) is 82.6 Å². The number of aromatic nitrogens is 1. The molecule has 0 aliphatic rings. The molecule has 0 saturated carbocycles. The highest BCUT2D eigenvalue weighted by Crippen LogP contribution is 2.24. The third-order valence-electron chi connectivity index (χ3n) is 5.02. The van der Waals surface area contributed by atoms with Gasteiger partial charge in [-0.25, -0.2) is 14.4 Å². The lowest BCUT2D eigenvalue weighted by Crippen LogP contribution is -2.14. The van der Waals surface area contributed by atoms with Crippen LogP contribution in [0.3, 0.4) is 0 Å². The van der Waals surface area contributed by atoms with E-state index in [9.17, 15) is 19.2 Å². The molecule has 1 aromatic carbocycles. The molecule has 0 aliphatic carbocycles. The van der Waals surface area contributed by atoms with E-state index in [-0.39, 0.29) is 11.1 Å². The summed E-state index contributed by atoms with van der Waals surface area (Å²) in [6.07, 6.45) is 4.08. The van der Waals surface area contributed by atoms with E-state index in [4.69, 9.17) is 18.6 Å². The second-order valence-electron chi connectivity index (χ2n) is 7.25. The standard InChI is InChI=1S/C25H23NO8/c1-15-10-21(22(27)14-34-23(28)8-7-20-6-5-9-33-20)16(2)26(15)19-12-17(24(29)31-3)11-18(13-19)25(30)32-4/h5-13H,14H2,1-4H3/b8-7+. The molecule has 9 heteroatoms. The van der Waals surface area contributed by atoms with E-state index in [2.05, 4.69) is 0 Å². The minimum absolute atomic E-state index is 0.151. The fourth-order valence-electron chi connectivity index (χ4n) is 3.45. The van der Waals surface area contributed by atoms with Crippen LogP contribution in [0.25, 0.3) is 11.8 Å². The first kappa shape index (κ1) is 24.2. The molecule has 0 N–H and O–H groups in total. The quantitative estimate of drug-likeness (QED) is 0.214. The fourth-order valence-corrected chi connectivity index (χ4v) is 3.45. The van der Waals surface area contributed by atoms with E-state index in [1.165, 1.54) is 38.7 Å². The lowest BCUT2D eigenvalue weighted by atomic mass is 10.1. The van der Waals surface area contributed by atoms with Gasteiger partial charge in [0.2, 0.25) is 5.78 Å². The van der Waals surface area contributed by atoms with Crippen molar-refractivity contribution in [3.8, 4) is 5.69 Å². The average molecular weight is 465 g/mol. The summed E-state index contributed by atoms with van der Waals surface area (Å²) in [5, 5.41) is 0. The number of furan rings is 1. The Labute approximate surface area is 195 Å². The van der Waals surface area contributed by atoms with Crippen molar-refractivity contribution >= 4 is 29.8 Å². The highest BCUT2D eigenvalue weighted by atomic mass is 16.5. The average Bonchev–Trinajstić information content (AvgIpc) is 3.47. The van der Waals surface area contributed by atoms with Crippen molar-refractivity contribution < 1.29 is 37.8 Å². The third kappa shape index (κ3) is 5.32. The van der Waals surface area contributed by atoms with E-state index in [1.54, 1.807) is 48.7 Å². The van der Waals surface area contributed by atoms with Crippen LogP contribution in [-0.4, -0.2) is 49.1 Å². The molecule has 0 saturated heterocycles. The van der Waals surface area contributed by atoms with Gasteiger partial charge in [-0.05, 0) is 56.3 Å². The Morgan fingerprint density at radius 2 is 1.62 bits per heavy atom. The minimum Gasteiger partial charge on any atom is -0.465 e. The smallest absolute Gasteiger partial charge is 0.337 e. The highest BCUT2D eigenvalue weighted by molar-refractivity contribution is 6.00. The number of nitrogens with zero attached hydrogens (tertiary/aromatic N) is 1. The molecule has 9 nitrogen and oxygen atoms in total. The van der Waals surface area contributed by atoms with E-state index < -0.39 is 30.3 Å². The maximum Gasteiger partial charge on any atom is 0.337 e. The van der Waals surface area contributed by atoms with E-state index >= 15 is 0 Å². The van der Waals surface area contributed by atoms with Crippen LogP contribution in [0.1, 0.15) is 48.2 Å². The molecule has 34 heavy (non-hydrogen) atoms. The number of benzene rings is 1. The van der Waals surface area contributed by atoms with Crippen molar-refractivity contribution in [2.24, 2.45) is 0 Å². The summed E-state index contributed by atoms with van der Waals surface area (Å²) in [4.78, 5) is 48.9. The molecule has 0 spiro atoms. The van der Waals surface area contributed by atoms with Gasteiger partial charge in [-0.3, -0.25) is 4.79 Å². The van der Waals surface area contributed by atoms with Gasteiger partial charge in [-0.15, -0.1) is 0 Å². The van der Waals surface area contributed by atoms with Crippen LogP contribution in [-0.2, 0) is 19.0 Å². The zero-order valence-electron chi connectivity index (χ0n) is 19.1. The molecule has 0 radical (unpaired) electrons. The molecule has 0 bridgehead atoms. The Morgan fingerprint density at radius 1 is 0.971 bits per heavy atom. The lowest BCUT2D eigenvalue weighted by Gasteiger charge is -2.13. The topological polar surface area (TPSA) is 114 Å². The van der Waals surface area contributed by atoms with Gasteiger partial charge in [0.25, 0.3) is 0 Å². The second kappa shape index (κ2) is 10.5. The molecule has 0 amide bonds. The van der Waals surface area contributed by atoms with Crippen LogP contribution in [0.2, 0.25) is 0 Å². The van der Waals surface area contributed by atoms with Crippen LogP contribution in [0.15, 0.2) is 53.2 Å². The summed E-state index contributed by atoms with van der Waals surface area (Å²) in [7, 11) is 2.47. The summed E-state index contributed by atoms with van der Waals surface area (Å²) in [6.45, 7) is 3.02. The Hall–Kier alpha value is -4.40. The number of rotatable bonds is 8. The van der Waals surface area contributed by atoms with Crippen molar-refractivity contribution in [1.82, 2.24) is 4.57 Å². The van der Waals surface area contributed by atoms with Gasteiger partial charge in [0.1, 0.15) is 5.76 Å². The maximum absolute atomic E-state index is 12.8. The number of esters is 3. The molecule has 0 atom stereocenters. The predicted molar refractivity (Wildman–Crippen MR) is 121 cm³/mol. The zero-order valence-corrected chi connectivity index (χ0v) is 19.1. The van der Waals surface area contributed by atoms with Crippen molar-refractivity contribution in [3.63, 3.8) is 0 Å². The molecular weight excluding hydrogens is 442 g/mol. The summed E-state index contributed by atoms with van der Waals surface area (Å²) >= 11 is 0. The normalized spacial score (nSPS) is 10.8. The van der Waals surface area contributed by atoms with Crippen LogP contribution in [0.4, 0.5) is 0 Å². The Kier molecular flexibility index (Phi) is 7.47. The van der Waals surface area contributed by atoms with Crippen LogP contribution in [0.5, 0.6) is 0 Å². The number of Topliss-reactive ketones (excluding diaryl/α,β-unsaturated/α-hetero) is 1. The molecule has 2 heterocycles. The Bertz CT molecular complexity index is 1230. The molecular formula is C25H23NO8. The van der Waals surface area contributed by atoms with Crippen LogP contribution < -0.4 is 0 Å². The van der Waals surface area contributed by atoms with Crippen LogP contribution >= 0.6 is 0 Å². The van der Waals surface area contributed by atoms with E-state index in [0.29, 0.717) is 28.4 Å². The number of ketones is 1. The summed E-state index contributed by atoms with van der Waals surface area (Å²) < 4.78 is 21.4. The van der Waals surface area contributed by atoms with Gasteiger partial charge >= 0.3 is 17.9 Å². The van der Waals surface area contributed by atoms with Crippen molar-refractivity contribution in [2.75, 3.05) is 20.8 Å². The number of aryl methyl sites for hydroxylation is 1. The molecule has 176 valence electrons. The number of hydrogen-bond donors (Lipinski definition) is 0. The van der Waals surface area contributed by atoms with Gasteiger partial charge in [-0.2, -0.15) is 0 Å². The SMILES string of the molecule is COC(=O)c1cc(C(=O)OC)cc(-n2c(C)cc(C(=O)COC(=O)/C=C/c3ccco3)c2C)c1. The van der Waals surface area contributed by atoms with Gasteiger partial charge in [0, 0.05) is 28.7 Å². The number of methoxy groups -OCH3 is 2. The van der Waals surface area contributed by atoms with Gasteiger partial charge in [0.15, 0.2) is 6.61 Å². The maximum atomic E-state index is 12.8. The predicted octanol–water partition coefficient (Wildman–Crippen LogP) is 3.70. The first-order chi connectivity index (χ1) is 16.2. The Balaban J connectivity index is 1.86. The zero-order chi connectivity index (χ0) is 24.8. The number of carbonyl (C=O) groups is 4. The molecule has 3 aromatic rings. The molecule has 0 aliphatic heterocycles. The molecule has 0 fully saturated rings. The highest BCUT2D eigenvalue weighted by Gasteiger charge is 2.20. The molecule has 0 unspecified atom stereocenters. The van der Waals surface area contributed by atoms with E-state index in [0.717, 1.165) is 0 Å². The van der Waals surface area contributed by atoms with Crippen molar-refractivity contribution in [1.29, 1.82) is 0 Å². The van der Waals surface area contributed by atoms with Crippen molar-refractivity contribution in [2.45, 2.75) is 13.8 Å². The van der Waals surface area contributed by atoms with Gasteiger partial charge in [0.05, 0.1) is 31.6 Å². The minimum atomic E-state index is -0.688. The summed E-state index contributed by atoms with van der Waals surface area (Å²) in [5.74, 6) is -1.86. The third-order valence-corrected chi connectivity index (χ3v) is 5.02. The monoisotopic (exact) mass is 465 g/mol. The Morgan fingerprint density at radius 3 is 2.18 bits per heavy atom. The summed E-state index contributed by atoms with van der Waals surface area (Å²) in [5.41, 5.74) is 2.32. The van der Waals surface area contributed by atoms with Crippen LogP contribution in [0, 0.1) is 13.8 Å². The number of carbonyl (C=O) groups excluding carboxylic acids is 4. The first-order valence-corrected chi connectivity index (χ1v) is 10.2. The van der Waals surface area contributed by atoms with E-state index in [1.807, 2.05) is 0 Å². The summed E-state index contributed by atoms with van der Waals surface area (Å²) in [6, 6.07) is 9.46. The first-order valence-electron chi connectivity index (χ1n) is 10.2. The van der Waals surface area contributed by atoms with Gasteiger partial charge < -0.3 is 23.2 Å². The number of ether oxygens (including phenoxy) is 3. The molecule has 2 aromatic heterocycles. The lowest BCUT2D eigenvalue weighted by molar-refractivity contribution is -0.136. The molecule has 3 rings (SSSR count). The largest absolute Gasteiger partial charge is 0.465 e. The second-order valence-corrected chi connectivity index (χ2v) is 7.25.